The molecular formula is C19H18F3N5OS. The highest BCUT2D eigenvalue weighted by Crippen LogP contribution is 2.39. The van der Waals surface area contributed by atoms with Gasteiger partial charge in [-0.15, -0.1) is 0 Å². The molecule has 1 aromatic heterocycles. The van der Waals surface area contributed by atoms with E-state index in [1.54, 1.807) is 4.90 Å². The van der Waals surface area contributed by atoms with Crippen LogP contribution in [0.15, 0.2) is 36.4 Å². The standard InChI is InChI=1S/C19H18F3N5OS/c20-19(21,22)12-5-6-23-14(7-12)13-4-2-1-3-11(13)8-27-15(9-29)26-18(28)16-17(27)25-10-24-16/h1-4,10,12,14,23H,5-8H2,(H,24,25)(H,26,28)/t12-,14-/m0/s1. The first-order chi connectivity index (χ1) is 13.9. The van der Waals surface area contributed by atoms with E-state index in [2.05, 4.69) is 25.6 Å². The van der Waals surface area contributed by atoms with E-state index in [1.807, 2.05) is 24.3 Å². The van der Waals surface area contributed by atoms with Crippen molar-refractivity contribution >= 4 is 29.0 Å². The van der Waals surface area contributed by atoms with Crippen molar-refractivity contribution in [3.8, 4) is 0 Å². The zero-order chi connectivity index (χ0) is 20.6. The van der Waals surface area contributed by atoms with E-state index in [0.29, 0.717) is 18.1 Å². The van der Waals surface area contributed by atoms with E-state index in [9.17, 15) is 18.0 Å². The van der Waals surface area contributed by atoms with Crippen LogP contribution in [-0.2, 0) is 6.54 Å². The van der Waals surface area contributed by atoms with Crippen LogP contribution < -0.4 is 15.5 Å². The largest absolute Gasteiger partial charge is 0.391 e. The summed E-state index contributed by atoms with van der Waals surface area (Å²) in [6.45, 7) is 0.583. The Morgan fingerprint density at radius 1 is 1.31 bits per heavy atom. The van der Waals surface area contributed by atoms with Crippen molar-refractivity contribution in [1.82, 2.24) is 20.6 Å². The van der Waals surface area contributed by atoms with Crippen molar-refractivity contribution in [2.75, 3.05) is 11.4 Å². The highest BCUT2D eigenvalue weighted by atomic mass is 32.1. The maximum atomic E-state index is 13.3. The zero-order valence-corrected chi connectivity index (χ0v) is 16.0. The summed E-state index contributed by atoms with van der Waals surface area (Å²) in [5.41, 5.74) is 1.91. The van der Waals surface area contributed by atoms with Gasteiger partial charge >= 0.3 is 6.18 Å². The lowest BCUT2D eigenvalue weighted by atomic mass is 9.86. The fourth-order valence-electron chi connectivity index (χ4n) is 3.88. The molecule has 0 unspecified atom stereocenters. The number of aromatic amines is 1. The van der Waals surface area contributed by atoms with E-state index in [0.717, 1.165) is 11.1 Å². The van der Waals surface area contributed by atoms with Gasteiger partial charge in [-0.05, 0) is 47.8 Å². The average molecular weight is 421 g/mol. The van der Waals surface area contributed by atoms with Gasteiger partial charge in [-0.1, -0.05) is 24.3 Å². The number of rotatable bonds is 3. The summed E-state index contributed by atoms with van der Waals surface area (Å²) in [7, 11) is 0. The van der Waals surface area contributed by atoms with Crippen molar-refractivity contribution in [3.05, 3.63) is 53.2 Å². The first-order valence-electron chi connectivity index (χ1n) is 9.13. The van der Waals surface area contributed by atoms with Crippen LogP contribution in [0.4, 0.5) is 19.0 Å². The second-order valence-electron chi connectivity index (χ2n) is 7.06. The number of aromatic nitrogens is 2. The van der Waals surface area contributed by atoms with Crippen LogP contribution in [0.3, 0.4) is 0 Å². The maximum Gasteiger partial charge on any atom is 0.391 e. The van der Waals surface area contributed by atoms with Crippen LogP contribution in [-0.4, -0.2) is 33.6 Å². The minimum absolute atomic E-state index is 0.0131. The third-order valence-corrected chi connectivity index (χ3v) is 5.52. The van der Waals surface area contributed by atoms with E-state index in [1.165, 1.54) is 6.33 Å². The number of hydrogen-bond acceptors (Lipinski definition) is 5. The van der Waals surface area contributed by atoms with Crippen molar-refractivity contribution in [3.63, 3.8) is 0 Å². The van der Waals surface area contributed by atoms with Crippen LogP contribution in [0.5, 0.6) is 0 Å². The maximum absolute atomic E-state index is 13.3. The van der Waals surface area contributed by atoms with E-state index in [-0.39, 0.29) is 31.1 Å². The molecule has 2 aromatic rings. The lowest BCUT2D eigenvalue weighted by molar-refractivity contribution is -0.183. The number of halogens is 3. The van der Waals surface area contributed by atoms with E-state index < -0.39 is 18.1 Å². The number of anilines is 1. The van der Waals surface area contributed by atoms with Crippen molar-refractivity contribution in [2.24, 2.45) is 5.92 Å². The van der Waals surface area contributed by atoms with Crippen molar-refractivity contribution in [2.45, 2.75) is 31.6 Å². The van der Waals surface area contributed by atoms with Crippen molar-refractivity contribution < 1.29 is 18.0 Å². The number of H-pyrrole nitrogens is 1. The number of piperidine rings is 1. The van der Waals surface area contributed by atoms with Gasteiger partial charge in [-0.3, -0.25) is 15.0 Å². The topological polar surface area (TPSA) is 73.1 Å². The Morgan fingerprint density at radius 2 is 2.10 bits per heavy atom. The van der Waals surface area contributed by atoms with Crippen LogP contribution in [0.25, 0.3) is 0 Å². The lowest BCUT2D eigenvalue weighted by Gasteiger charge is -2.34. The minimum Gasteiger partial charge on any atom is -0.339 e. The molecule has 1 amide bonds. The molecule has 10 heteroatoms. The van der Waals surface area contributed by atoms with Crippen molar-refractivity contribution in [1.29, 1.82) is 0 Å². The summed E-state index contributed by atoms with van der Waals surface area (Å²) in [4.78, 5) is 20.8. The number of carbonyl (C=O) groups excluding carboxylic acids is 1. The molecule has 29 heavy (non-hydrogen) atoms. The summed E-state index contributed by atoms with van der Waals surface area (Å²) < 4.78 is 39.8. The summed E-state index contributed by atoms with van der Waals surface area (Å²) in [6.07, 6.45) is -2.73. The zero-order valence-electron chi connectivity index (χ0n) is 15.2. The van der Waals surface area contributed by atoms with E-state index in [4.69, 9.17) is 12.2 Å². The van der Waals surface area contributed by atoms with Gasteiger partial charge in [-0.2, -0.15) is 13.2 Å². The van der Waals surface area contributed by atoms with Gasteiger partial charge in [-0.25, -0.2) is 4.98 Å². The molecule has 1 saturated heterocycles. The smallest absolute Gasteiger partial charge is 0.339 e. The Balaban J connectivity index is 1.65. The van der Waals surface area contributed by atoms with Crippen LogP contribution in [0.1, 0.15) is 40.5 Å². The first-order valence-corrected chi connectivity index (χ1v) is 9.54. The molecule has 2 aliphatic rings. The molecule has 1 fully saturated rings. The fraction of sp³-hybridized carbons (Fsp3) is 0.368. The highest BCUT2D eigenvalue weighted by Gasteiger charge is 2.42. The fourth-order valence-corrected chi connectivity index (χ4v) is 4.04. The number of fused-ring (bicyclic) bond motifs is 1. The molecule has 0 radical (unpaired) electrons. The van der Waals surface area contributed by atoms with Gasteiger partial charge < -0.3 is 10.3 Å². The molecule has 3 N–H and O–H groups in total. The van der Waals surface area contributed by atoms with E-state index >= 15 is 0 Å². The molecule has 1 aromatic carbocycles. The number of alkyl halides is 3. The quantitative estimate of drug-likeness (QED) is 0.664. The second-order valence-corrected chi connectivity index (χ2v) is 7.26. The molecule has 4 rings (SSSR count). The number of amides is 1. The Labute approximate surface area is 170 Å². The summed E-state index contributed by atoms with van der Waals surface area (Å²) in [5.74, 6) is -1.01. The summed E-state index contributed by atoms with van der Waals surface area (Å²) in [5, 5.41) is 8.40. The third-order valence-electron chi connectivity index (χ3n) is 5.33. The lowest BCUT2D eigenvalue weighted by Crippen LogP contribution is -2.42. The molecule has 0 bridgehead atoms. The number of nitrogens with one attached hydrogen (secondary N) is 3. The van der Waals surface area contributed by atoms with Gasteiger partial charge in [0, 0.05) is 6.04 Å². The molecule has 0 saturated carbocycles. The number of imidazole rings is 1. The Bertz CT molecular complexity index is 982. The molecule has 3 heterocycles. The van der Waals surface area contributed by atoms with Gasteiger partial charge in [0.2, 0.25) is 0 Å². The molecule has 2 atom stereocenters. The first kappa shape index (κ1) is 19.6. The van der Waals surface area contributed by atoms with Gasteiger partial charge in [0.15, 0.2) is 11.6 Å². The van der Waals surface area contributed by atoms with Gasteiger partial charge in [0.05, 0.1) is 18.8 Å². The predicted molar refractivity (Wildman–Crippen MR) is 104 cm³/mol. The number of carbonyl (C=O) groups is 1. The Kier molecular flexibility index (Phi) is 5.16. The summed E-state index contributed by atoms with van der Waals surface area (Å²) in [6, 6.07) is 6.92. The van der Waals surface area contributed by atoms with Gasteiger partial charge in [0.1, 0.15) is 5.69 Å². The van der Waals surface area contributed by atoms with Crippen LogP contribution >= 0.6 is 12.2 Å². The number of hydrogen-bond donors (Lipinski definition) is 3. The Hall–Kier alpha value is -2.68. The molecule has 152 valence electrons. The molecule has 0 spiro atoms. The molecule has 6 nitrogen and oxygen atoms in total. The number of benzene rings is 1. The third kappa shape index (κ3) is 3.78. The molecule has 0 aliphatic carbocycles. The van der Waals surface area contributed by atoms with Crippen LogP contribution in [0.2, 0.25) is 0 Å². The minimum atomic E-state index is -4.20. The highest BCUT2D eigenvalue weighted by molar-refractivity contribution is 7.78. The van der Waals surface area contributed by atoms with Gasteiger partial charge in [0.25, 0.3) is 5.91 Å². The monoisotopic (exact) mass is 421 g/mol. The second kappa shape index (κ2) is 7.62. The molecule has 2 aliphatic heterocycles. The SMILES string of the molecule is O=C1NC(=C=S)N(Cc2ccccc2[C@@H]2C[C@@H](C(F)(F)F)CCN2)c2nc[nH]c21. The molecular weight excluding hydrogens is 403 g/mol. The number of nitrogens with zero attached hydrogens (tertiary/aromatic N) is 2. The predicted octanol–water partition coefficient (Wildman–Crippen LogP) is 3.20. The van der Waals surface area contributed by atoms with Crippen LogP contribution in [0, 0.1) is 5.92 Å². The normalized spacial score (nSPS) is 22.1. The number of thiocarbonyl (C=S) groups is 1. The Morgan fingerprint density at radius 3 is 2.86 bits per heavy atom. The summed E-state index contributed by atoms with van der Waals surface area (Å²) >= 11 is 4.92. The average Bonchev–Trinajstić information content (AvgIpc) is 3.20.